The summed E-state index contributed by atoms with van der Waals surface area (Å²) in [5.41, 5.74) is 1.11. The molecule has 0 aliphatic heterocycles. The Balaban J connectivity index is 4.00. The Hall–Kier alpha value is -0.980. The van der Waals surface area contributed by atoms with E-state index in [4.69, 9.17) is 4.74 Å². The van der Waals surface area contributed by atoms with E-state index in [-0.39, 0.29) is 0 Å². The fraction of sp³-hybridized carbons (Fsp3) is 0.400. The van der Waals surface area contributed by atoms with Crippen molar-refractivity contribution in [3.05, 3.63) is 36.1 Å². The predicted octanol–water partition coefficient (Wildman–Crippen LogP) is 3.06. The highest BCUT2D eigenvalue weighted by atomic mass is 16.5. The number of ether oxygens (including phenoxy) is 1. The molecule has 0 aliphatic rings. The summed E-state index contributed by atoms with van der Waals surface area (Å²) < 4.78 is 5.03. The Labute approximate surface area is 69.1 Å². The van der Waals surface area contributed by atoms with E-state index in [1.165, 1.54) is 0 Å². The molecule has 0 N–H and O–H groups in total. The summed E-state index contributed by atoms with van der Waals surface area (Å²) >= 11 is 0. The Bertz CT molecular complexity index is 175. The van der Waals surface area contributed by atoms with E-state index in [1.807, 2.05) is 25.2 Å². The summed E-state index contributed by atoms with van der Waals surface area (Å²) in [4.78, 5) is 0. The van der Waals surface area contributed by atoms with Crippen molar-refractivity contribution in [2.45, 2.75) is 20.3 Å². The number of methoxy groups -OCH3 is 1. The van der Waals surface area contributed by atoms with Crippen LogP contribution in [0.3, 0.4) is 0 Å². The topological polar surface area (TPSA) is 9.23 Å². The third-order valence-electron chi connectivity index (χ3n) is 1.46. The van der Waals surface area contributed by atoms with E-state index in [2.05, 4.69) is 13.5 Å². The molecule has 0 heterocycles. The maximum absolute atomic E-state index is 5.03. The highest BCUT2D eigenvalue weighted by Gasteiger charge is 1.85. The van der Waals surface area contributed by atoms with E-state index in [0.717, 1.165) is 17.8 Å². The van der Waals surface area contributed by atoms with Crippen LogP contribution in [0.5, 0.6) is 0 Å². The molecule has 1 nitrogen and oxygen atoms in total. The summed E-state index contributed by atoms with van der Waals surface area (Å²) in [7, 11) is 1.66. The van der Waals surface area contributed by atoms with Gasteiger partial charge in [-0.3, -0.25) is 0 Å². The molecule has 0 radical (unpaired) electrons. The maximum Gasteiger partial charge on any atom is 0.114 e. The van der Waals surface area contributed by atoms with Crippen LogP contribution in [0.25, 0.3) is 0 Å². The van der Waals surface area contributed by atoms with Gasteiger partial charge in [-0.1, -0.05) is 25.2 Å². The quantitative estimate of drug-likeness (QED) is 0.444. The normalized spacial score (nSPS) is 12.1. The van der Waals surface area contributed by atoms with Crippen LogP contribution in [-0.2, 0) is 4.74 Å². The van der Waals surface area contributed by atoms with Gasteiger partial charge >= 0.3 is 0 Å². The van der Waals surface area contributed by atoms with Crippen molar-refractivity contribution < 1.29 is 4.74 Å². The molecule has 0 aliphatic carbocycles. The SMILES string of the molecule is C=C(/C=C\C(=C/C)OC)CC. The molecular formula is C10H16O. The summed E-state index contributed by atoms with van der Waals surface area (Å²) in [5.74, 6) is 0.875. The van der Waals surface area contributed by atoms with E-state index in [9.17, 15) is 0 Å². The van der Waals surface area contributed by atoms with Gasteiger partial charge in [-0.15, -0.1) is 0 Å². The minimum absolute atomic E-state index is 0.875. The van der Waals surface area contributed by atoms with Crippen molar-refractivity contribution in [1.29, 1.82) is 0 Å². The second kappa shape index (κ2) is 5.78. The zero-order valence-electron chi connectivity index (χ0n) is 7.55. The lowest BCUT2D eigenvalue weighted by Gasteiger charge is -1.97. The van der Waals surface area contributed by atoms with Gasteiger partial charge in [-0.05, 0) is 25.5 Å². The second-order valence-electron chi connectivity index (χ2n) is 2.24. The second-order valence-corrected chi connectivity index (χ2v) is 2.24. The Morgan fingerprint density at radius 3 is 2.45 bits per heavy atom. The van der Waals surface area contributed by atoms with Crippen LogP contribution in [0.4, 0.5) is 0 Å². The molecule has 0 aromatic carbocycles. The average molecular weight is 152 g/mol. The van der Waals surface area contributed by atoms with Crippen molar-refractivity contribution in [2.75, 3.05) is 7.11 Å². The van der Waals surface area contributed by atoms with Crippen molar-refractivity contribution in [3.63, 3.8) is 0 Å². The molecule has 0 rings (SSSR count). The molecule has 0 saturated carbocycles. The molecule has 0 amide bonds. The molecule has 0 aromatic rings. The van der Waals surface area contributed by atoms with Gasteiger partial charge < -0.3 is 4.74 Å². The number of hydrogen-bond donors (Lipinski definition) is 0. The first-order valence-electron chi connectivity index (χ1n) is 3.80. The van der Waals surface area contributed by atoms with E-state index < -0.39 is 0 Å². The molecule has 0 unspecified atom stereocenters. The average Bonchev–Trinajstić information content (AvgIpc) is 2.06. The van der Waals surface area contributed by atoms with Crippen LogP contribution in [0.2, 0.25) is 0 Å². The first kappa shape index (κ1) is 10.0. The molecule has 11 heavy (non-hydrogen) atoms. The minimum atomic E-state index is 0.875. The lowest BCUT2D eigenvalue weighted by Crippen LogP contribution is -1.80. The van der Waals surface area contributed by atoms with E-state index in [1.54, 1.807) is 7.11 Å². The Kier molecular flexibility index (Phi) is 5.26. The molecule has 62 valence electrons. The molecule has 0 saturated heterocycles. The number of hydrogen-bond acceptors (Lipinski definition) is 1. The fourth-order valence-electron chi connectivity index (χ4n) is 0.600. The monoisotopic (exact) mass is 152 g/mol. The summed E-state index contributed by atoms with van der Waals surface area (Å²) in [6, 6.07) is 0. The van der Waals surface area contributed by atoms with Crippen molar-refractivity contribution in [2.24, 2.45) is 0 Å². The summed E-state index contributed by atoms with van der Waals surface area (Å²) in [6.45, 7) is 7.86. The van der Waals surface area contributed by atoms with E-state index >= 15 is 0 Å². The highest BCUT2D eigenvalue weighted by molar-refractivity contribution is 5.21. The number of rotatable bonds is 4. The van der Waals surface area contributed by atoms with Gasteiger partial charge in [0.25, 0.3) is 0 Å². The van der Waals surface area contributed by atoms with Crippen LogP contribution in [-0.4, -0.2) is 7.11 Å². The van der Waals surface area contributed by atoms with Gasteiger partial charge in [0.2, 0.25) is 0 Å². The van der Waals surface area contributed by atoms with Crippen LogP contribution >= 0.6 is 0 Å². The largest absolute Gasteiger partial charge is 0.497 e. The van der Waals surface area contributed by atoms with Crippen LogP contribution in [0, 0.1) is 0 Å². The van der Waals surface area contributed by atoms with Crippen molar-refractivity contribution >= 4 is 0 Å². The van der Waals surface area contributed by atoms with Crippen LogP contribution in [0.1, 0.15) is 20.3 Å². The zero-order chi connectivity index (χ0) is 8.69. The predicted molar refractivity (Wildman–Crippen MR) is 49.3 cm³/mol. The lowest BCUT2D eigenvalue weighted by atomic mass is 10.2. The van der Waals surface area contributed by atoms with Gasteiger partial charge in [0, 0.05) is 0 Å². The molecular weight excluding hydrogens is 136 g/mol. The van der Waals surface area contributed by atoms with Crippen LogP contribution in [0.15, 0.2) is 36.1 Å². The molecule has 0 fully saturated rings. The Morgan fingerprint density at radius 1 is 1.45 bits per heavy atom. The smallest absolute Gasteiger partial charge is 0.114 e. The molecule has 0 aromatic heterocycles. The van der Waals surface area contributed by atoms with Crippen LogP contribution < -0.4 is 0 Å². The third-order valence-corrected chi connectivity index (χ3v) is 1.46. The standard InChI is InChI=1S/C10H16O/c1-5-9(3)7-8-10(6-2)11-4/h6-8H,3,5H2,1-2,4H3/b8-7-,10-6+. The minimum Gasteiger partial charge on any atom is -0.497 e. The summed E-state index contributed by atoms with van der Waals surface area (Å²) in [5, 5.41) is 0. The first-order chi connectivity index (χ1) is 5.24. The molecule has 0 bridgehead atoms. The zero-order valence-corrected chi connectivity index (χ0v) is 7.55. The van der Waals surface area contributed by atoms with Gasteiger partial charge in [0.15, 0.2) is 0 Å². The third kappa shape index (κ3) is 4.43. The number of allylic oxidation sites excluding steroid dienone is 4. The summed E-state index contributed by atoms with van der Waals surface area (Å²) in [6.07, 6.45) is 6.79. The lowest BCUT2D eigenvalue weighted by molar-refractivity contribution is 0.306. The fourth-order valence-corrected chi connectivity index (χ4v) is 0.600. The molecule has 1 heteroatoms. The maximum atomic E-state index is 5.03. The molecule has 0 spiro atoms. The van der Waals surface area contributed by atoms with Gasteiger partial charge in [-0.2, -0.15) is 0 Å². The van der Waals surface area contributed by atoms with Crippen molar-refractivity contribution in [1.82, 2.24) is 0 Å². The van der Waals surface area contributed by atoms with Gasteiger partial charge in [-0.25, -0.2) is 0 Å². The van der Waals surface area contributed by atoms with Crippen molar-refractivity contribution in [3.8, 4) is 0 Å². The highest BCUT2D eigenvalue weighted by Crippen LogP contribution is 2.03. The van der Waals surface area contributed by atoms with Gasteiger partial charge in [0.1, 0.15) is 5.76 Å². The Morgan fingerprint density at radius 2 is 2.09 bits per heavy atom. The molecule has 0 atom stereocenters. The van der Waals surface area contributed by atoms with E-state index in [0.29, 0.717) is 0 Å². The van der Waals surface area contributed by atoms with Gasteiger partial charge in [0.05, 0.1) is 7.11 Å². The first-order valence-corrected chi connectivity index (χ1v) is 3.80.